The van der Waals surface area contributed by atoms with Crippen LogP contribution >= 0.6 is 0 Å². The number of anilines is 2. The fourth-order valence-corrected chi connectivity index (χ4v) is 2.66. The summed E-state index contributed by atoms with van der Waals surface area (Å²) in [7, 11) is 0. The quantitative estimate of drug-likeness (QED) is 0.707. The molecule has 7 nitrogen and oxygen atoms in total. The maximum Gasteiger partial charge on any atom is 0.231 e. The number of hydrogen-bond donors (Lipinski definition) is 2. The topological polar surface area (TPSA) is 81.2 Å². The Morgan fingerprint density at radius 1 is 0.885 bits per heavy atom. The third kappa shape index (κ3) is 3.83. The van der Waals surface area contributed by atoms with Gasteiger partial charge in [-0.05, 0) is 42.3 Å². The zero-order valence-electron chi connectivity index (χ0n) is 14.4. The van der Waals surface area contributed by atoms with Gasteiger partial charge in [-0.15, -0.1) is 0 Å². The summed E-state index contributed by atoms with van der Waals surface area (Å²) in [4.78, 5) is 13.0. The predicted octanol–water partition coefficient (Wildman–Crippen LogP) is 3.13. The van der Waals surface area contributed by atoms with Crippen molar-refractivity contribution in [1.82, 2.24) is 15.0 Å². The van der Waals surface area contributed by atoms with Crippen molar-refractivity contribution in [3.05, 3.63) is 65.6 Å². The molecule has 0 atom stereocenters. The molecule has 3 aromatic rings. The largest absolute Gasteiger partial charge is 0.454 e. The molecule has 0 radical (unpaired) electrons. The molecule has 4 rings (SSSR count). The van der Waals surface area contributed by atoms with Crippen molar-refractivity contribution < 1.29 is 9.47 Å². The van der Waals surface area contributed by atoms with E-state index in [4.69, 9.17) is 9.47 Å². The average Bonchev–Trinajstić information content (AvgIpc) is 3.13. The molecule has 0 unspecified atom stereocenters. The van der Waals surface area contributed by atoms with Gasteiger partial charge in [0.15, 0.2) is 11.5 Å². The van der Waals surface area contributed by atoms with Gasteiger partial charge in [-0.25, -0.2) is 4.98 Å². The molecule has 0 bridgehead atoms. The SMILES string of the molecule is Cc1cc(NCc2ccncc2)nc(NCc2ccc3c(c2)OCO3)n1. The Bertz CT molecular complexity index is 902. The fraction of sp³-hybridized carbons (Fsp3) is 0.211. The standard InChI is InChI=1S/C19H19N5O2/c1-13-8-18(21-10-14-4-6-20-7-5-14)24-19(23-13)22-11-15-2-3-16-17(9-15)26-12-25-16/h2-9H,10-12H2,1H3,(H2,21,22,23,24). The molecule has 26 heavy (non-hydrogen) atoms. The van der Waals surface area contributed by atoms with Gasteiger partial charge in [0, 0.05) is 37.2 Å². The van der Waals surface area contributed by atoms with Crippen molar-refractivity contribution in [1.29, 1.82) is 0 Å². The maximum absolute atomic E-state index is 5.41. The van der Waals surface area contributed by atoms with Gasteiger partial charge in [-0.2, -0.15) is 4.98 Å². The minimum absolute atomic E-state index is 0.277. The van der Waals surface area contributed by atoms with Crippen LogP contribution in [0.1, 0.15) is 16.8 Å². The first-order chi connectivity index (χ1) is 12.8. The Morgan fingerprint density at radius 3 is 2.58 bits per heavy atom. The minimum atomic E-state index is 0.277. The number of hydrogen-bond acceptors (Lipinski definition) is 7. The first kappa shape index (κ1) is 16.1. The van der Waals surface area contributed by atoms with Crippen LogP contribution in [-0.4, -0.2) is 21.7 Å². The lowest BCUT2D eigenvalue weighted by Gasteiger charge is -2.10. The van der Waals surface area contributed by atoms with Crippen LogP contribution in [0.3, 0.4) is 0 Å². The van der Waals surface area contributed by atoms with E-state index in [1.165, 1.54) is 0 Å². The number of aryl methyl sites for hydroxylation is 1. The smallest absolute Gasteiger partial charge is 0.231 e. The van der Waals surface area contributed by atoms with E-state index in [9.17, 15) is 0 Å². The summed E-state index contributed by atoms with van der Waals surface area (Å²) >= 11 is 0. The Kier molecular flexibility index (Phi) is 4.51. The number of ether oxygens (including phenoxy) is 2. The molecule has 0 spiro atoms. The third-order valence-electron chi connectivity index (χ3n) is 3.96. The number of nitrogens with one attached hydrogen (secondary N) is 2. The van der Waals surface area contributed by atoms with Gasteiger partial charge < -0.3 is 20.1 Å². The molecule has 2 aromatic heterocycles. The first-order valence-electron chi connectivity index (χ1n) is 8.37. The Balaban J connectivity index is 1.41. The van der Waals surface area contributed by atoms with Crippen molar-refractivity contribution in [3.8, 4) is 11.5 Å². The predicted molar refractivity (Wildman–Crippen MR) is 98.2 cm³/mol. The number of benzene rings is 1. The molecule has 132 valence electrons. The molecule has 1 aliphatic heterocycles. The second-order valence-corrected chi connectivity index (χ2v) is 5.97. The number of aromatic nitrogens is 3. The zero-order valence-corrected chi connectivity index (χ0v) is 14.4. The number of pyridine rings is 1. The van der Waals surface area contributed by atoms with Crippen molar-refractivity contribution in [2.75, 3.05) is 17.4 Å². The molecule has 0 saturated heterocycles. The van der Waals surface area contributed by atoms with Crippen molar-refractivity contribution in [2.24, 2.45) is 0 Å². The summed E-state index contributed by atoms with van der Waals surface area (Å²) in [5.74, 6) is 2.92. The van der Waals surface area contributed by atoms with Gasteiger partial charge in [-0.1, -0.05) is 6.07 Å². The van der Waals surface area contributed by atoms with Gasteiger partial charge >= 0.3 is 0 Å². The summed E-state index contributed by atoms with van der Waals surface area (Å²) in [5.41, 5.74) is 3.11. The van der Waals surface area contributed by atoms with E-state index in [1.807, 2.05) is 43.3 Å². The van der Waals surface area contributed by atoms with E-state index in [2.05, 4.69) is 25.6 Å². The van der Waals surface area contributed by atoms with Crippen molar-refractivity contribution >= 4 is 11.8 Å². The highest BCUT2D eigenvalue weighted by molar-refractivity contribution is 5.46. The van der Waals surface area contributed by atoms with E-state index in [1.54, 1.807) is 12.4 Å². The lowest BCUT2D eigenvalue weighted by Crippen LogP contribution is -2.08. The number of rotatable bonds is 6. The summed E-state index contributed by atoms with van der Waals surface area (Å²) in [5, 5.41) is 6.58. The van der Waals surface area contributed by atoms with E-state index in [-0.39, 0.29) is 6.79 Å². The van der Waals surface area contributed by atoms with Crippen molar-refractivity contribution in [2.45, 2.75) is 20.0 Å². The molecule has 0 aliphatic carbocycles. The number of fused-ring (bicyclic) bond motifs is 1. The highest BCUT2D eigenvalue weighted by Crippen LogP contribution is 2.32. The van der Waals surface area contributed by atoms with Crippen LogP contribution in [0.4, 0.5) is 11.8 Å². The molecule has 0 saturated carbocycles. The molecule has 1 aliphatic rings. The number of nitrogens with zero attached hydrogens (tertiary/aromatic N) is 3. The second kappa shape index (κ2) is 7.26. The van der Waals surface area contributed by atoms with E-state index in [0.717, 1.165) is 34.1 Å². The van der Waals surface area contributed by atoms with E-state index < -0.39 is 0 Å². The van der Waals surface area contributed by atoms with Crippen molar-refractivity contribution in [3.63, 3.8) is 0 Å². The maximum atomic E-state index is 5.41. The van der Waals surface area contributed by atoms with E-state index in [0.29, 0.717) is 19.0 Å². The summed E-state index contributed by atoms with van der Waals surface area (Å²) in [6, 6.07) is 11.7. The zero-order chi connectivity index (χ0) is 17.8. The van der Waals surface area contributed by atoms with Crippen LogP contribution in [0.15, 0.2) is 48.8 Å². The monoisotopic (exact) mass is 349 g/mol. The summed E-state index contributed by atoms with van der Waals surface area (Å²) in [6.45, 7) is 3.51. The lowest BCUT2D eigenvalue weighted by atomic mass is 10.2. The summed E-state index contributed by atoms with van der Waals surface area (Å²) in [6.07, 6.45) is 3.56. The van der Waals surface area contributed by atoms with Crippen LogP contribution < -0.4 is 20.1 Å². The molecular formula is C19H19N5O2. The van der Waals surface area contributed by atoms with Crippen LogP contribution in [0, 0.1) is 6.92 Å². The highest BCUT2D eigenvalue weighted by atomic mass is 16.7. The molecular weight excluding hydrogens is 330 g/mol. The Labute approximate surface area is 151 Å². The molecule has 0 amide bonds. The van der Waals surface area contributed by atoms with Gasteiger partial charge in [0.05, 0.1) is 0 Å². The lowest BCUT2D eigenvalue weighted by molar-refractivity contribution is 0.174. The van der Waals surface area contributed by atoms with Gasteiger partial charge in [-0.3, -0.25) is 4.98 Å². The highest BCUT2D eigenvalue weighted by Gasteiger charge is 2.13. The molecule has 2 N–H and O–H groups in total. The fourth-order valence-electron chi connectivity index (χ4n) is 2.66. The van der Waals surface area contributed by atoms with Gasteiger partial charge in [0.1, 0.15) is 5.82 Å². The van der Waals surface area contributed by atoms with Crippen LogP contribution in [-0.2, 0) is 13.1 Å². The average molecular weight is 349 g/mol. The molecule has 3 heterocycles. The van der Waals surface area contributed by atoms with Crippen LogP contribution in [0.2, 0.25) is 0 Å². The third-order valence-corrected chi connectivity index (χ3v) is 3.96. The second-order valence-electron chi connectivity index (χ2n) is 5.97. The van der Waals surface area contributed by atoms with E-state index >= 15 is 0 Å². The Hall–Kier alpha value is -3.35. The van der Waals surface area contributed by atoms with Gasteiger partial charge in [0.25, 0.3) is 0 Å². The van der Waals surface area contributed by atoms with Crippen LogP contribution in [0.5, 0.6) is 11.5 Å². The molecule has 1 aromatic carbocycles. The normalized spacial score (nSPS) is 12.0. The molecule has 7 heteroatoms. The van der Waals surface area contributed by atoms with Gasteiger partial charge in [0.2, 0.25) is 12.7 Å². The summed E-state index contributed by atoms with van der Waals surface area (Å²) < 4.78 is 10.7. The minimum Gasteiger partial charge on any atom is -0.454 e. The first-order valence-corrected chi connectivity index (χ1v) is 8.37. The Morgan fingerprint density at radius 2 is 1.69 bits per heavy atom. The molecule has 0 fully saturated rings. The van der Waals surface area contributed by atoms with Crippen LogP contribution in [0.25, 0.3) is 0 Å².